The summed E-state index contributed by atoms with van der Waals surface area (Å²) in [5.41, 5.74) is 3.58. The lowest BCUT2D eigenvalue weighted by atomic mass is 10.1. The quantitative estimate of drug-likeness (QED) is 0.312. The minimum atomic E-state index is -0.638. The van der Waals surface area contributed by atoms with Gasteiger partial charge in [0.2, 0.25) is 11.8 Å². The summed E-state index contributed by atoms with van der Waals surface area (Å²) >= 11 is 0. The van der Waals surface area contributed by atoms with Crippen molar-refractivity contribution in [1.82, 2.24) is 9.97 Å². The van der Waals surface area contributed by atoms with Crippen LogP contribution in [0.3, 0.4) is 0 Å². The van der Waals surface area contributed by atoms with Gasteiger partial charge in [-0.05, 0) is 38.1 Å². The molecule has 0 fully saturated rings. The van der Waals surface area contributed by atoms with Crippen LogP contribution in [-0.2, 0) is 9.59 Å². The van der Waals surface area contributed by atoms with Gasteiger partial charge in [-0.1, -0.05) is 23.3 Å². The molecule has 2 heterocycles. The average molecular weight is 432 g/mol. The molecule has 10 nitrogen and oxygen atoms in total. The van der Waals surface area contributed by atoms with Crippen molar-refractivity contribution in [2.24, 2.45) is 20.5 Å². The molecule has 162 valence electrons. The molecular weight excluding hydrogens is 412 g/mol. The maximum absolute atomic E-state index is 12.0. The average Bonchev–Trinajstić information content (AvgIpc) is 3.23. The second-order valence-corrected chi connectivity index (χ2v) is 7.43. The Balaban J connectivity index is 1.40. The van der Waals surface area contributed by atoms with E-state index in [9.17, 15) is 19.8 Å². The van der Waals surface area contributed by atoms with Gasteiger partial charge in [-0.2, -0.15) is 0 Å². The van der Waals surface area contributed by atoms with E-state index in [4.69, 9.17) is 0 Å². The van der Waals surface area contributed by atoms with Crippen LogP contribution in [0.1, 0.15) is 24.0 Å². The number of nitrogens with one attached hydrogen (secondary N) is 2. The summed E-state index contributed by atoms with van der Waals surface area (Å²) in [6.07, 6.45) is -0.440. The highest BCUT2D eigenvalue weighted by Crippen LogP contribution is 2.37. The smallest absolute Gasteiger partial charge is 0.265 e. The fourth-order valence-electron chi connectivity index (χ4n) is 3.28. The van der Waals surface area contributed by atoms with E-state index in [0.717, 1.165) is 11.1 Å². The molecule has 10 heteroatoms. The Morgan fingerprint density at radius 3 is 1.56 bits per heavy atom. The van der Waals surface area contributed by atoms with Crippen molar-refractivity contribution < 1.29 is 19.8 Å². The van der Waals surface area contributed by atoms with Gasteiger partial charge in [0.1, 0.15) is 0 Å². The molecule has 4 N–H and O–H groups in total. The molecule has 0 aliphatic carbocycles. The van der Waals surface area contributed by atoms with Crippen LogP contribution >= 0.6 is 0 Å². The lowest BCUT2D eigenvalue weighted by molar-refractivity contribution is -0.123. The number of amides is 2. The summed E-state index contributed by atoms with van der Waals surface area (Å²) in [7, 11) is 0. The van der Waals surface area contributed by atoms with Crippen molar-refractivity contribution in [2.75, 3.05) is 0 Å². The van der Waals surface area contributed by atoms with E-state index in [2.05, 4.69) is 30.4 Å². The molecule has 0 aliphatic rings. The number of hydrogen-bond donors (Lipinski definition) is 4. The van der Waals surface area contributed by atoms with Crippen LogP contribution < -0.4 is 0 Å². The summed E-state index contributed by atoms with van der Waals surface area (Å²) in [6, 6.07) is 11.0. The number of hydrogen-bond acceptors (Lipinski definition) is 6. The van der Waals surface area contributed by atoms with Crippen LogP contribution in [0.15, 0.2) is 56.9 Å². The summed E-state index contributed by atoms with van der Waals surface area (Å²) < 4.78 is 0. The molecule has 0 saturated carbocycles. The summed E-state index contributed by atoms with van der Waals surface area (Å²) in [5.74, 6) is -1.66. The second kappa shape index (κ2) is 8.42. The predicted molar refractivity (Wildman–Crippen MR) is 118 cm³/mol. The standard InChI is InChI=1S/C22H20N6O4/c1-11-3-5-15-13(9-11)19(21(31)23-15)27-25-17(29)7-8-18(30)26-28-20-14-10-12(2)4-6-16(14)24-22(20)32/h3-6,9-10,23-24,31-32H,7-8H2,1-2H3. The van der Waals surface area contributed by atoms with Crippen LogP contribution in [0.25, 0.3) is 21.8 Å². The van der Waals surface area contributed by atoms with Gasteiger partial charge >= 0.3 is 0 Å². The topological polar surface area (TPSA) is 156 Å². The first-order valence-corrected chi connectivity index (χ1v) is 9.83. The molecule has 4 aromatic rings. The van der Waals surface area contributed by atoms with Crippen LogP contribution in [-0.4, -0.2) is 32.0 Å². The Morgan fingerprint density at radius 2 is 1.16 bits per heavy atom. The molecule has 0 spiro atoms. The molecule has 32 heavy (non-hydrogen) atoms. The first-order chi connectivity index (χ1) is 15.3. The number of benzene rings is 2. The van der Waals surface area contributed by atoms with E-state index in [1.165, 1.54) is 0 Å². The van der Waals surface area contributed by atoms with Crippen LogP contribution in [0.4, 0.5) is 11.4 Å². The molecule has 0 saturated heterocycles. The molecular formula is C22H20N6O4. The van der Waals surface area contributed by atoms with Crippen LogP contribution in [0.5, 0.6) is 11.8 Å². The highest BCUT2D eigenvalue weighted by atomic mass is 16.3. The Hall–Kier alpha value is -4.34. The Kier molecular flexibility index (Phi) is 5.50. The number of azo groups is 2. The first-order valence-electron chi connectivity index (χ1n) is 9.83. The van der Waals surface area contributed by atoms with Gasteiger partial charge in [0.05, 0.1) is 11.0 Å². The number of aromatic hydroxyl groups is 2. The molecule has 0 bridgehead atoms. The Morgan fingerprint density at radius 1 is 0.750 bits per heavy atom. The van der Waals surface area contributed by atoms with Gasteiger partial charge in [-0.15, -0.1) is 20.5 Å². The lowest BCUT2D eigenvalue weighted by Gasteiger charge is -1.95. The molecule has 0 radical (unpaired) electrons. The molecule has 2 aromatic carbocycles. The SMILES string of the molecule is Cc1ccc2[nH]c(O)c(N=NC(=O)CCC(=O)N=Nc3c(O)[nH]c4ccc(C)cc34)c2c1. The number of carbonyl (C=O) groups excluding carboxylic acids is 2. The number of carbonyl (C=O) groups is 2. The van der Waals surface area contributed by atoms with Gasteiger partial charge in [0, 0.05) is 23.6 Å². The second-order valence-electron chi connectivity index (χ2n) is 7.43. The fourth-order valence-corrected chi connectivity index (χ4v) is 3.28. The Bertz CT molecular complexity index is 1310. The van der Waals surface area contributed by atoms with Crippen molar-refractivity contribution in [1.29, 1.82) is 0 Å². The van der Waals surface area contributed by atoms with Crippen molar-refractivity contribution in [3.8, 4) is 11.8 Å². The van der Waals surface area contributed by atoms with Crippen LogP contribution in [0, 0.1) is 13.8 Å². The van der Waals surface area contributed by atoms with Crippen molar-refractivity contribution >= 4 is 45.0 Å². The largest absolute Gasteiger partial charge is 0.493 e. The Labute approximate surface area is 181 Å². The summed E-state index contributed by atoms with van der Waals surface area (Å²) in [5, 5.41) is 36.2. The predicted octanol–water partition coefficient (Wildman–Crippen LogP) is 5.38. The molecule has 2 aromatic heterocycles. The fraction of sp³-hybridized carbons (Fsp3) is 0.182. The number of rotatable bonds is 5. The van der Waals surface area contributed by atoms with E-state index < -0.39 is 11.8 Å². The summed E-state index contributed by atoms with van der Waals surface area (Å²) in [4.78, 5) is 29.6. The third kappa shape index (κ3) is 4.24. The van der Waals surface area contributed by atoms with Crippen molar-refractivity contribution in [3.63, 3.8) is 0 Å². The van der Waals surface area contributed by atoms with Gasteiger partial charge < -0.3 is 20.2 Å². The number of H-pyrrole nitrogens is 2. The van der Waals surface area contributed by atoms with Crippen molar-refractivity contribution in [2.45, 2.75) is 26.7 Å². The molecule has 4 rings (SSSR count). The molecule has 0 aliphatic heterocycles. The van der Waals surface area contributed by atoms with E-state index in [0.29, 0.717) is 21.8 Å². The minimum absolute atomic E-state index is 0.160. The van der Waals surface area contributed by atoms with E-state index in [1.54, 1.807) is 12.1 Å². The zero-order chi connectivity index (χ0) is 22.8. The zero-order valence-electron chi connectivity index (χ0n) is 17.4. The number of aromatic nitrogens is 2. The number of fused-ring (bicyclic) bond motifs is 2. The van der Waals surface area contributed by atoms with E-state index >= 15 is 0 Å². The highest BCUT2D eigenvalue weighted by Gasteiger charge is 2.13. The van der Waals surface area contributed by atoms with E-state index in [-0.39, 0.29) is 36.0 Å². The normalized spacial score (nSPS) is 11.9. The number of aromatic amines is 2. The number of nitrogens with zero attached hydrogens (tertiary/aromatic N) is 4. The van der Waals surface area contributed by atoms with Gasteiger partial charge in [-0.3, -0.25) is 9.59 Å². The van der Waals surface area contributed by atoms with E-state index in [1.807, 2.05) is 38.1 Å². The third-order valence-electron chi connectivity index (χ3n) is 4.89. The number of aryl methyl sites for hydroxylation is 2. The van der Waals surface area contributed by atoms with Gasteiger partial charge in [-0.25, -0.2) is 0 Å². The first kappa shape index (κ1) is 20.9. The molecule has 0 unspecified atom stereocenters. The minimum Gasteiger partial charge on any atom is -0.493 e. The maximum atomic E-state index is 12.0. The lowest BCUT2D eigenvalue weighted by Crippen LogP contribution is -1.98. The monoisotopic (exact) mass is 432 g/mol. The molecule has 0 atom stereocenters. The van der Waals surface area contributed by atoms with Gasteiger partial charge in [0.15, 0.2) is 11.4 Å². The van der Waals surface area contributed by atoms with Crippen molar-refractivity contribution in [3.05, 3.63) is 47.5 Å². The van der Waals surface area contributed by atoms with Gasteiger partial charge in [0.25, 0.3) is 11.8 Å². The van der Waals surface area contributed by atoms with Crippen LogP contribution in [0.2, 0.25) is 0 Å². The maximum Gasteiger partial charge on any atom is 0.265 e. The molecule has 2 amide bonds. The third-order valence-corrected chi connectivity index (χ3v) is 4.89. The zero-order valence-corrected chi connectivity index (χ0v) is 17.4. The summed E-state index contributed by atoms with van der Waals surface area (Å²) in [6.45, 7) is 3.79. The highest BCUT2D eigenvalue weighted by molar-refractivity contribution is 5.96.